The van der Waals surface area contributed by atoms with Crippen LogP contribution in [0.5, 0.6) is 0 Å². The van der Waals surface area contributed by atoms with E-state index in [-0.39, 0.29) is 0 Å². The van der Waals surface area contributed by atoms with Crippen LogP contribution in [0.2, 0.25) is 0 Å². The molecule has 1 aliphatic rings. The molecule has 0 amide bonds. The summed E-state index contributed by atoms with van der Waals surface area (Å²) in [6.07, 6.45) is 18.7. The number of rotatable bonds is 9. The number of unbranched alkanes of at least 4 members (excludes halogenated alkanes) is 6. The van der Waals surface area contributed by atoms with E-state index in [4.69, 9.17) is 0 Å². The van der Waals surface area contributed by atoms with Gasteiger partial charge in [0.1, 0.15) is 0 Å². The van der Waals surface area contributed by atoms with Gasteiger partial charge in [-0.25, -0.2) is 0 Å². The van der Waals surface area contributed by atoms with Gasteiger partial charge in [0, 0.05) is 6.04 Å². The quantitative estimate of drug-likeness (QED) is 0.438. The molecule has 102 valence electrons. The Morgan fingerprint density at radius 3 is 2.00 bits per heavy atom. The SMILES string of the molecule is CCCCCCCCCNC1CCCCCC1. The Morgan fingerprint density at radius 1 is 0.765 bits per heavy atom. The number of nitrogens with one attached hydrogen (secondary N) is 1. The molecule has 1 fully saturated rings. The molecule has 1 N–H and O–H groups in total. The lowest BCUT2D eigenvalue weighted by molar-refractivity contribution is 0.447. The molecular weight excluding hydrogens is 206 g/mol. The average Bonchev–Trinajstić information content (AvgIpc) is 2.61. The van der Waals surface area contributed by atoms with Gasteiger partial charge in [-0.1, -0.05) is 71.1 Å². The zero-order valence-electron chi connectivity index (χ0n) is 12.0. The molecule has 0 unspecified atom stereocenters. The first-order chi connectivity index (χ1) is 8.43. The van der Waals surface area contributed by atoms with Gasteiger partial charge in [0.15, 0.2) is 0 Å². The molecule has 0 spiro atoms. The summed E-state index contributed by atoms with van der Waals surface area (Å²) < 4.78 is 0. The monoisotopic (exact) mass is 239 g/mol. The van der Waals surface area contributed by atoms with Crippen LogP contribution in [0.1, 0.15) is 90.4 Å². The molecule has 0 saturated heterocycles. The van der Waals surface area contributed by atoms with Crippen LogP contribution < -0.4 is 5.32 Å². The van der Waals surface area contributed by atoms with Crippen LogP contribution >= 0.6 is 0 Å². The first kappa shape index (κ1) is 15.0. The third-order valence-electron chi connectivity index (χ3n) is 4.07. The Balaban J connectivity index is 1.82. The second-order valence-electron chi connectivity index (χ2n) is 5.76. The van der Waals surface area contributed by atoms with Crippen molar-refractivity contribution in [1.29, 1.82) is 0 Å². The van der Waals surface area contributed by atoms with Crippen molar-refractivity contribution >= 4 is 0 Å². The maximum absolute atomic E-state index is 3.76. The van der Waals surface area contributed by atoms with Gasteiger partial charge in [-0.05, 0) is 25.8 Å². The minimum atomic E-state index is 0.845. The van der Waals surface area contributed by atoms with Crippen molar-refractivity contribution in [2.75, 3.05) is 6.54 Å². The van der Waals surface area contributed by atoms with Crippen LogP contribution in [0.4, 0.5) is 0 Å². The lowest BCUT2D eigenvalue weighted by Crippen LogP contribution is -2.29. The van der Waals surface area contributed by atoms with E-state index in [2.05, 4.69) is 12.2 Å². The minimum absolute atomic E-state index is 0.845. The van der Waals surface area contributed by atoms with Gasteiger partial charge in [0.25, 0.3) is 0 Å². The zero-order valence-corrected chi connectivity index (χ0v) is 12.0. The van der Waals surface area contributed by atoms with Crippen molar-refractivity contribution < 1.29 is 0 Å². The summed E-state index contributed by atoms with van der Waals surface area (Å²) in [5, 5.41) is 3.76. The largest absolute Gasteiger partial charge is 0.314 e. The van der Waals surface area contributed by atoms with Crippen LogP contribution in [-0.4, -0.2) is 12.6 Å². The number of hydrogen-bond donors (Lipinski definition) is 1. The van der Waals surface area contributed by atoms with Gasteiger partial charge in [-0.3, -0.25) is 0 Å². The molecule has 1 heteroatoms. The summed E-state index contributed by atoms with van der Waals surface area (Å²) in [4.78, 5) is 0. The zero-order chi connectivity index (χ0) is 12.2. The predicted molar refractivity (Wildman–Crippen MR) is 77.5 cm³/mol. The van der Waals surface area contributed by atoms with Crippen molar-refractivity contribution in [2.45, 2.75) is 96.4 Å². The molecule has 0 aromatic rings. The molecule has 1 rings (SSSR count). The van der Waals surface area contributed by atoms with E-state index in [0.717, 1.165) is 6.04 Å². The van der Waals surface area contributed by atoms with Gasteiger partial charge in [0.2, 0.25) is 0 Å². The highest BCUT2D eigenvalue weighted by Crippen LogP contribution is 2.17. The second kappa shape index (κ2) is 11.1. The Labute approximate surface area is 109 Å². The van der Waals surface area contributed by atoms with Crippen molar-refractivity contribution in [1.82, 2.24) is 5.32 Å². The topological polar surface area (TPSA) is 12.0 Å². The van der Waals surface area contributed by atoms with Crippen molar-refractivity contribution in [3.63, 3.8) is 0 Å². The van der Waals surface area contributed by atoms with Crippen LogP contribution in [0, 0.1) is 0 Å². The van der Waals surface area contributed by atoms with Gasteiger partial charge in [-0.15, -0.1) is 0 Å². The molecule has 0 radical (unpaired) electrons. The van der Waals surface area contributed by atoms with Gasteiger partial charge >= 0.3 is 0 Å². The predicted octanol–water partition coefficient (Wildman–Crippen LogP) is 5.05. The van der Waals surface area contributed by atoms with Crippen LogP contribution in [-0.2, 0) is 0 Å². The maximum Gasteiger partial charge on any atom is 0.00670 e. The van der Waals surface area contributed by atoms with Crippen molar-refractivity contribution in [3.8, 4) is 0 Å². The number of hydrogen-bond acceptors (Lipinski definition) is 1. The normalized spacial score (nSPS) is 18.2. The summed E-state index contributed by atoms with van der Waals surface area (Å²) in [5.41, 5.74) is 0. The summed E-state index contributed by atoms with van der Waals surface area (Å²) in [5.74, 6) is 0. The van der Waals surface area contributed by atoms with E-state index in [9.17, 15) is 0 Å². The molecule has 0 atom stereocenters. The first-order valence-electron chi connectivity index (χ1n) is 8.17. The lowest BCUT2D eigenvalue weighted by Gasteiger charge is -2.15. The van der Waals surface area contributed by atoms with Gasteiger partial charge in [-0.2, -0.15) is 0 Å². The molecule has 1 nitrogen and oxygen atoms in total. The Kier molecular flexibility index (Phi) is 9.78. The van der Waals surface area contributed by atoms with E-state index in [1.54, 1.807) is 0 Å². The molecule has 0 bridgehead atoms. The van der Waals surface area contributed by atoms with Gasteiger partial charge in [0.05, 0.1) is 0 Å². The average molecular weight is 239 g/mol. The molecule has 0 aromatic heterocycles. The molecule has 1 aliphatic carbocycles. The lowest BCUT2D eigenvalue weighted by atomic mass is 10.1. The van der Waals surface area contributed by atoms with Crippen LogP contribution in [0.15, 0.2) is 0 Å². The fourth-order valence-corrected chi connectivity index (χ4v) is 2.87. The Bertz CT molecular complexity index is 148. The summed E-state index contributed by atoms with van der Waals surface area (Å²) in [6.45, 7) is 3.55. The highest BCUT2D eigenvalue weighted by molar-refractivity contribution is 4.70. The van der Waals surface area contributed by atoms with E-state index in [1.165, 1.54) is 90.0 Å². The second-order valence-corrected chi connectivity index (χ2v) is 5.76. The Hall–Kier alpha value is -0.0400. The van der Waals surface area contributed by atoms with Crippen molar-refractivity contribution in [3.05, 3.63) is 0 Å². The summed E-state index contributed by atoms with van der Waals surface area (Å²) in [7, 11) is 0. The Morgan fingerprint density at radius 2 is 1.35 bits per heavy atom. The highest BCUT2D eigenvalue weighted by atomic mass is 14.9. The van der Waals surface area contributed by atoms with E-state index < -0.39 is 0 Å². The van der Waals surface area contributed by atoms with Crippen LogP contribution in [0.3, 0.4) is 0 Å². The molecular formula is C16H33N. The molecule has 0 aromatic carbocycles. The first-order valence-corrected chi connectivity index (χ1v) is 8.17. The fourth-order valence-electron chi connectivity index (χ4n) is 2.87. The summed E-state index contributed by atoms with van der Waals surface area (Å²) >= 11 is 0. The highest BCUT2D eigenvalue weighted by Gasteiger charge is 2.10. The third-order valence-corrected chi connectivity index (χ3v) is 4.07. The van der Waals surface area contributed by atoms with E-state index >= 15 is 0 Å². The molecule has 0 aliphatic heterocycles. The van der Waals surface area contributed by atoms with Gasteiger partial charge < -0.3 is 5.32 Å². The third kappa shape index (κ3) is 8.65. The molecule has 17 heavy (non-hydrogen) atoms. The summed E-state index contributed by atoms with van der Waals surface area (Å²) in [6, 6.07) is 0.845. The fraction of sp³-hybridized carbons (Fsp3) is 1.00. The minimum Gasteiger partial charge on any atom is -0.314 e. The standard InChI is InChI=1S/C16H33N/c1-2-3-4-5-6-9-12-15-17-16-13-10-7-8-11-14-16/h16-17H,2-15H2,1H3. The van der Waals surface area contributed by atoms with Crippen molar-refractivity contribution in [2.24, 2.45) is 0 Å². The van der Waals surface area contributed by atoms with E-state index in [0.29, 0.717) is 0 Å². The molecule has 1 saturated carbocycles. The smallest absolute Gasteiger partial charge is 0.00670 e. The van der Waals surface area contributed by atoms with E-state index in [1.807, 2.05) is 0 Å². The maximum atomic E-state index is 3.76. The molecule has 0 heterocycles. The van der Waals surface area contributed by atoms with Crippen LogP contribution in [0.25, 0.3) is 0 Å².